The van der Waals surface area contributed by atoms with Gasteiger partial charge in [-0.15, -0.1) is 0 Å². The maximum atomic E-state index is 12.9. The number of amides is 1. The van der Waals surface area contributed by atoms with Crippen LogP contribution in [0.25, 0.3) is 0 Å². The van der Waals surface area contributed by atoms with Crippen LogP contribution in [-0.2, 0) is 14.4 Å². The van der Waals surface area contributed by atoms with Gasteiger partial charge >= 0.3 is 5.97 Å². The number of aliphatic hydroxyl groups is 1. The Morgan fingerprint density at radius 3 is 1.81 bits per heavy atom. The second-order valence-electron chi connectivity index (χ2n) is 8.83. The molecule has 0 aliphatic carbocycles. The van der Waals surface area contributed by atoms with Crippen LogP contribution >= 0.6 is 11.8 Å². The third-order valence-corrected chi connectivity index (χ3v) is 12.9. The highest BCUT2D eigenvalue weighted by atomic mass is 32.2. The molecule has 3 N–H and O–H groups in total. The fourth-order valence-electron chi connectivity index (χ4n) is 4.07. The number of aliphatic hydroxyl groups excluding tert-OH is 1. The number of benzene rings is 2. The van der Waals surface area contributed by atoms with Crippen molar-refractivity contribution in [3.63, 3.8) is 0 Å². The summed E-state index contributed by atoms with van der Waals surface area (Å²) < 4.78 is 0. The number of rotatable bonds is 9. The molecule has 8 heteroatoms. The maximum Gasteiger partial charge on any atom is 0.327 e. The predicted molar refractivity (Wildman–Crippen MR) is 131 cm³/mol. The number of aliphatic carboxylic acids is 1. The lowest BCUT2D eigenvalue weighted by molar-refractivity contribution is -0.140. The van der Waals surface area contributed by atoms with Crippen molar-refractivity contribution >= 4 is 47.2 Å². The molecule has 2 rings (SSSR count). The fraction of sp³-hybridized carbons (Fsp3) is 0.375. The molecule has 0 saturated heterocycles. The highest BCUT2D eigenvalue weighted by Crippen LogP contribution is 2.39. The van der Waals surface area contributed by atoms with E-state index in [0.717, 1.165) is 22.1 Å². The van der Waals surface area contributed by atoms with Gasteiger partial charge in [0.25, 0.3) is 0 Å². The zero-order valence-corrected chi connectivity index (χ0v) is 20.7. The Kier molecular flexibility index (Phi) is 8.83. The molecule has 2 atom stereocenters. The molecule has 0 aliphatic rings. The van der Waals surface area contributed by atoms with Gasteiger partial charge in [-0.1, -0.05) is 104 Å². The van der Waals surface area contributed by atoms with Gasteiger partial charge in [0, 0.05) is 12.7 Å². The minimum absolute atomic E-state index is 0.147. The van der Waals surface area contributed by atoms with Gasteiger partial charge in [0.2, 0.25) is 11.0 Å². The van der Waals surface area contributed by atoms with Crippen LogP contribution in [0.3, 0.4) is 0 Å². The second kappa shape index (κ2) is 10.9. The van der Waals surface area contributed by atoms with Crippen molar-refractivity contribution in [1.29, 1.82) is 0 Å². The van der Waals surface area contributed by atoms with Crippen LogP contribution in [0.15, 0.2) is 60.7 Å². The summed E-state index contributed by atoms with van der Waals surface area (Å²) in [7, 11) is -2.65. The number of carboxylic acid groups (broad SMARTS) is 1. The topological polar surface area (TPSA) is 104 Å². The van der Waals surface area contributed by atoms with Gasteiger partial charge in [-0.05, 0) is 11.1 Å². The zero-order chi connectivity index (χ0) is 23.9. The molecule has 0 fully saturated rings. The molecule has 172 valence electrons. The molecule has 2 aromatic carbocycles. The van der Waals surface area contributed by atoms with E-state index in [1.165, 1.54) is 6.92 Å². The highest BCUT2D eigenvalue weighted by molar-refractivity contribution is 8.13. The molecular formula is C24H31NO5SSi. The summed E-state index contributed by atoms with van der Waals surface area (Å²) in [6.45, 7) is 7.64. The third-order valence-electron chi connectivity index (χ3n) is 5.65. The molecule has 6 nitrogen and oxygen atoms in total. The monoisotopic (exact) mass is 473 g/mol. The van der Waals surface area contributed by atoms with Crippen LogP contribution in [0.1, 0.15) is 27.7 Å². The Hall–Kier alpha value is -2.42. The van der Waals surface area contributed by atoms with E-state index in [-0.39, 0.29) is 16.8 Å². The van der Waals surface area contributed by atoms with E-state index in [1.54, 1.807) is 0 Å². The quantitative estimate of drug-likeness (QED) is 0.483. The van der Waals surface area contributed by atoms with E-state index >= 15 is 0 Å². The minimum Gasteiger partial charge on any atom is -0.480 e. The van der Waals surface area contributed by atoms with Crippen molar-refractivity contribution in [2.75, 3.05) is 5.75 Å². The lowest BCUT2D eigenvalue weighted by atomic mass is 10.2. The van der Waals surface area contributed by atoms with Crippen LogP contribution in [0.2, 0.25) is 11.1 Å². The number of carboxylic acids is 1. The standard InChI is InChI=1S/C24H31NO5SSi/c1-17(26)25-20(22(28)29)15-31-23(30)21(27)16-32(24(2,3)4,18-11-7-5-8-12-18)19-13-9-6-10-14-19/h5-14,20-21,27H,15-16H2,1-4H3,(H,25,26)(H,28,29)/t20-,21?/m0/s1. The average molecular weight is 474 g/mol. The van der Waals surface area contributed by atoms with E-state index in [0.29, 0.717) is 0 Å². The molecular weight excluding hydrogens is 442 g/mol. The van der Waals surface area contributed by atoms with E-state index in [4.69, 9.17) is 0 Å². The summed E-state index contributed by atoms with van der Waals surface area (Å²) in [6.07, 6.45) is -1.27. The van der Waals surface area contributed by atoms with Gasteiger partial charge in [-0.25, -0.2) is 4.79 Å². The van der Waals surface area contributed by atoms with Crippen molar-refractivity contribution in [2.24, 2.45) is 0 Å². The summed E-state index contributed by atoms with van der Waals surface area (Å²) in [5, 5.41) is 24.1. The van der Waals surface area contributed by atoms with E-state index < -0.39 is 37.2 Å². The lowest BCUT2D eigenvalue weighted by Gasteiger charge is -2.45. The summed E-state index contributed by atoms with van der Waals surface area (Å²) >= 11 is 0.742. The first-order valence-corrected chi connectivity index (χ1v) is 13.6. The number of carbonyl (C=O) groups excluding carboxylic acids is 2. The Morgan fingerprint density at radius 2 is 1.44 bits per heavy atom. The number of hydrogen-bond acceptors (Lipinski definition) is 5. The van der Waals surface area contributed by atoms with Gasteiger partial charge in [-0.2, -0.15) is 0 Å². The van der Waals surface area contributed by atoms with Crippen LogP contribution in [0.5, 0.6) is 0 Å². The molecule has 1 amide bonds. The number of thioether (sulfide) groups is 1. The molecule has 2 aromatic rings. The summed E-state index contributed by atoms with van der Waals surface area (Å²) in [4.78, 5) is 35.4. The molecule has 0 radical (unpaired) electrons. The molecule has 0 spiro atoms. The predicted octanol–water partition coefficient (Wildman–Crippen LogP) is 2.26. The van der Waals surface area contributed by atoms with Crippen LogP contribution in [-0.4, -0.2) is 53.2 Å². The summed E-state index contributed by atoms with van der Waals surface area (Å²) in [5.41, 5.74) is 0. The first-order chi connectivity index (χ1) is 15.0. The van der Waals surface area contributed by atoms with Crippen molar-refractivity contribution in [2.45, 2.75) is 50.9 Å². The van der Waals surface area contributed by atoms with Crippen LogP contribution < -0.4 is 15.7 Å². The molecule has 0 aromatic heterocycles. The smallest absolute Gasteiger partial charge is 0.327 e. The Bertz CT molecular complexity index is 891. The number of carbonyl (C=O) groups is 3. The molecule has 0 bridgehead atoms. The summed E-state index contributed by atoms with van der Waals surface area (Å²) in [5.74, 6) is -1.86. The molecule has 0 saturated carbocycles. The molecule has 0 aliphatic heterocycles. The van der Waals surface area contributed by atoms with E-state index in [2.05, 4.69) is 50.4 Å². The van der Waals surface area contributed by atoms with Gasteiger partial charge < -0.3 is 15.5 Å². The minimum atomic E-state index is -2.65. The van der Waals surface area contributed by atoms with Crippen molar-refractivity contribution in [3.05, 3.63) is 60.7 Å². The highest BCUT2D eigenvalue weighted by Gasteiger charge is 2.49. The second-order valence-corrected chi connectivity index (χ2v) is 14.7. The van der Waals surface area contributed by atoms with Crippen LogP contribution in [0, 0.1) is 0 Å². The Balaban J connectivity index is 2.36. The van der Waals surface area contributed by atoms with Gasteiger partial charge in [0.05, 0.1) is 0 Å². The average Bonchev–Trinajstić information content (AvgIpc) is 2.74. The summed E-state index contributed by atoms with van der Waals surface area (Å²) in [6, 6.07) is 19.1. The van der Waals surface area contributed by atoms with Crippen LogP contribution in [0.4, 0.5) is 0 Å². The van der Waals surface area contributed by atoms with Crippen molar-refractivity contribution < 1.29 is 24.6 Å². The molecule has 1 unspecified atom stereocenters. The molecule has 0 heterocycles. The van der Waals surface area contributed by atoms with Crippen molar-refractivity contribution in [1.82, 2.24) is 5.32 Å². The SMILES string of the molecule is CC(=O)N[C@@H](CSC(=O)C(O)C[Si](c1ccccc1)(c1ccccc1)C(C)(C)C)C(=O)O. The largest absolute Gasteiger partial charge is 0.480 e. The first kappa shape index (κ1) is 25.8. The zero-order valence-electron chi connectivity index (χ0n) is 18.9. The van der Waals surface area contributed by atoms with E-state index in [1.807, 2.05) is 36.4 Å². The lowest BCUT2D eigenvalue weighted by Crippen LogP contribution is -2.65. The first-order valence-electron chi connectivity index (χ1n) is 10.4. The number of nitrogens with one attached hydrogen (secondary N) is 1. The third kappa shape index (κ3) is 6.09. The molecule has 32 heavy (non-hydrogen) atoms. The maximum absolute atomic E-state index is 12.9. The Morgan fingerprint density at radius 1 is 0.969 bits per heavy atom. The Labute approximate surface area is 194 Å². The number of hydrogen-bond donors (Lipinski definition) is 3. The van der Waals surface area contributed by atoms with Crippen molar-refractivity contribution in [3.8, 4) is 0 Å². The van der Waals surface area contributed by atoms with Gasteiger partial charge in [-0.3, -0.25) is 9.59 Å². The van der Waals surface area contributed by atoms with Gasteiger partial charge in [0.1, 0.15) is 20.2 Å². The fourth-order valence-corrected chi connectivity index (χ4v) is 10.5. The van der Waals surface area contributed by atoms with Gasteiger partial charge in [0.15, 0.2) is 0 Å². The van der Waals surface area contributed by atoms with E-state index in [9.17, 15) is 24.6 Å². The normalized spacial score (nSPS) is 13.8.